The summed E-state index contributed by atoms with van der Waals surface area (Å²) in [7, 11) is 3.02. The van der Waals surface area contributed by atoms with Gasteiger partial charge in [0.05, 0.1) is 19.7 Å². The molecule has 1 unspecified atom stereocenters. The standard InChI is InChI=1S/C12H15N3O4/c1-15-9(6-13-11(15)14-12(18)19-2)8-4-3-7(16)5-10(8)17/h3-5,9,16-17H,6H2,1-2H3,(H,13,14,18). The number of benzene rings is 1. The molecule has 0 bridgehead atoms. The van der Waals surface area contributed by atoms with E-state index in [1.54, 1.807) is 18.0 Å². The second kappa shape index (κ2) is 5.05. The number of hydrogen-bond acceptors (Lipinski definition) is 6. The fourth-order valence-corrected chi connectivity index (χ4v) is 1.95. The number of aromatic hydroxyl groups is 2. The minimum Gasteiger partial charge on any atom is -0.508 e. The Bertz CT molecular complexity index is 530. The molecule has 0 fully saturated rings. The summed E-state index contributed by atoms with van der Waals surface area (Å²) in [5, 5.41) is 21.6. The fourth-order valence-electron chi connectivity index (χ4n) is 1.95. The highest BCUT2D eigenvalue weighted by molar-refractivity contribution is 5.94. The maximum absolute atomic E-state index is 11.1. The first-order chi connectivity index (χ1) is 9.02. The smallest absolute Gasteiger partial charge is 0.413 e. The van der Waals surface area contributed by atoms with Gasteiger partial charge in [-0.1, -0.05) is 0 Å². The molecular weight excluding hydrogens is 250 g/mol. The first kappa shape index (κ1) is 13.0. The summed E-state index contributed by atoms with van der Waals surface area (Å²) in [6.07, 6.45) is -0.596. The number of carbonyl (C=O) groups is 1. The van der Waals surface area contributed by atoms with Crippen molar-refractivity contribution in [3.8, 4) is 11.5 Å². The van der Waals surface area contributed by atoms with Gasteiger partial charge in [0.1, 0.15) is 11.5 Å². The number of ether oxygens (including phenoxy) is 1. The van der Waals surface area contributed by atoms with Gasteiger partial charge in [-0.3, -0.25) is 10.3 Å². The average molecular weight is 265 g/mol. The number of rotatable bonds is 1. The Hall–Kier alpha value is -2.44. The van der Waals surface area contributed by atoms with Crippen LogP contribution in [0.2, 0.25) is 0 Å². The lowest BCUT2D eigenvalue weighted by molar-refractivity contribution is 0.175. The molecule has 1 aliphatic heterocycles. The Morgan fingerprint density at radius 1 is 1.53 bits per heavy atom. The van der Waals surface area contributed by atoms with Crippen LogP contribution in [-0.4, -0.2) is 47.9 Å². The van der Waals surface area contributed by atoms with Crippen LogP contribution >= 0.6 is 0 Å². The molecule has 1 heterocycles. The molecule has 102 valence electrons. The van der Waals surface area contributed by atoms with E-state index in [2.05, 4.69) is 15.0 Å². The Balaban J connectivity index is 2.15. The van der Waals surface area contributed by atoms with Gasteiger partial charge in [0.2, 0.25) is 5.96 Å². The summed E-state index contributed by atoms with van der Waals surface area (Å²) in [6, 6.07) is 4.19. The number of methoxy groups -OCH3 is 1. The summed E-state index contributed by atoms with van der Waals surface area (Å²) in [6.45, 7) is 0.397. The Labute approximate surface area is 110 Å². The molecule has 1 aliphatic rings. The van der Waals surface area contributed by atoms with E-state index < -0.39 is 6.09 Å². The van der Waals surface area contributed by atoms with E-state index in [0.717, 1.165) is 0 Å². The van der Waals surface area contributed by atoms with Crippen LogP contribution in [0.3, 0.4) is 0 Å². The third-order valence-corrected chi connectivity index (χ3v) is 2.99. The van der Waals surface area contributed by atoms with E-state index in [-0.39, 0.29) is 17.5 Å². The molecule has 0 saturated heterocycles. The van der Waals surface area contributed by atoms with Gasteiger partial charge >= 0.3 is 6.09 Å². The van der Waals surface area contributed by atoms with Crippen LogP contribution in [0.5, 0.6) is 11.5 Å². The minimum absolute atomic E-state index is 0.00396. The van der Waals surface area contributed by atoms with Crippen LogP contribution in [0.15, 0.2) is 23.2 Å². The van der Waals surface area contributed by atoms with E-state index in [0.29, 0.717) is 18.1 Å². The zero-order valence-electron chi connectivity index (χ0n) is 10.6. The first-order valence-corrected chi connectivity index (χ1v) is 5.67. The van der Waals surface area contributed by atoms with Crippen molar-refractivity contribution in [2.24, 2.45) is 4.99 Å². The van der Waals surface area contributed by atoms with Gasteiger partial charge < -0.3 is 19.8 Å². The highest BCUT2D eigenvalue weighted by Gasteiger charge is 2.29. The first-order valence-electron chi connectivity index (χ1n) is 5.67. The number of alkyl carbamates (subject to hydrolysis) is 1. The van der Waals surface area contributed by atoms with Crippen LogP contribution in [0.1, 0.15) is 11.6 Å². The number of guanidine groups is 1. The average Bonchev–Trinajstić information content (AvgIpc) is 2.71. The van der Waals surface area contributed by atoms with Gasteiger partial charge in [-0.15, -0.1) is 0 Å². The second-order valence-corrected chi connectivity index (χ2v) is 4.15. The third kappa shape index (κ3) is 2.54. The lowest BCUT2D eigenvalue weighted by atomic mass is 10.1. The van der Waals surface area contributed by atoms with Gasteiger partial charge in [0.25, 0.3) is 0 Å². The van der Waals surface area contributed by atoms with Crippen LogP contribution in [0.4, 0.5) is 4.79 Å². The molecule has 1 aromatic carbocycles. The lowest BCUT2D eigenvalue weighted by Crippen LogP contribution is -2.40. The van der Waals surface area contributed by atoms with Gasteiger partial charge in [0, 0.05) is 18.7 Å². The topological polar surface area (TPSA) is 94.4 Å². The van der Waals surface area contributed by atoms with Crippen molar-refractivity contribution in [1.82, 2.24) is 10.2 Å². The lowest BCUT2D eigenvalue weighted by Gasteiger charge is -2.23. The van der Waals surface area contributed by atoms with Gasteiger partial charge in [-0.25, -0.2) is 4.79 Å². The third-order valence-electron chi connectivity index (χ3n) is 2.99. The van der Waals surface area contributed by atoms with Crippen molar-refractivity contribution >= 4 is 12.1 Å². The molecule has 19 heavy (non-hydrogen) atoms. The van der Waals surface area contributed by atoms with Crippen LogP contribution in [0, 0.1) is 0 Å². The molecule has 0 aromatic heterocycles. The summed E-state index contributed by atoms with van der Waals surface area (Å²) in [4.78, 5) is 17.1. The highest BCUT2D eigenvalue weighted by Crippen LogP contribution is 2.33. The number of nitrogens with zero attached hydrogens (tertiary/aromatic N) is 2. The quantitative estimate of drug-likeness (QED) is 0.698. The SMILES string of the molecule is COC(=O)NC1=NCC(c2ccc(O)cc2O)N1C. The number of phenols is 2. The normalized spacial score (nSPS) is 18.1. The maximum atomic E-state index is 11.1. The molecule has 7 heteroatoms. The number of phenolic OH excluding ortho intramolecular Hbond substituents is 2. The zero-order chi connectivity index (χ0) is 14.0. The van der Waals surface area contributed by atoms with E-state index in [9.17, 15) is 15.0 Å². The molecule has 7 nitrogen and oxygen atoms in total. The van der Waals surface area contributed by atoms with Crippen LogP contribution in [-0.2, 0) is 4.74 Å². The number of likely N-dealkylation sites (N-methyl/N-ethyl adjacent to an activating group) is 1. The van der Waals surface area contributed by atoms with Crippen molar-refractivity contribution < 1.29 is 19.7 Å². The molecule has 1 aromatic rings. The number of aliphatic imine (C=N–C) groups is 1. The van der Waals surface area contributed by atoms with Crippen LogP contribution < -0.4 is 5.32 Å². The van der Waals surface area contributed by atoms with Crippen LogP contribution in [0.25, 0.3) is 0 Å². The maximum Gasteiger partial charge on any atom is 0.413 e. The second-order valence-electron chi connectivity index (χ2n) is 4.15. The number of amides is 1. The Morgan fingerprint density at radius 3 is 2.89 bits per heavy atom. The van der Waals surface area contributed by atoms with Crippen molar-refractivity contribution in [3.05, 3.63) is 23.8 Å². The molecule has 0 aliphatic carbocycles. The Morgan fingerprint density at radius 2 is 2.26 bits per heavy atom. The highest BCUT2D eigenvalue weighted by atomic mass is 16.5. The predicted octanol–water partition coefficient (Wildman–Crippen LogP) is 0.796. The van der Waals surface area contributed by atoms with E-state index >= 15 is 0 Å². The molecule has 1 amide bonds. The van der Waals surface area contributed by atoms with Crippen molar-refractivity contribution in [1.29, 1.82) is 0 Å². The van der Waals surface area contributed by atoms with Crippen molar-refractivity contribution in [3.63, 3.8) is 0 Å². The molecule has 0 radical (unpaired) electrons. The Kier molecular flexibility index (Phi) is 3.46. The van der Waals surface area contributed by atoms with Crippen molar-refractivity contribution in [2.75, 3.05) is 20.7 Å². The minimum atomic E-state index is -0.596. The molecule has 0 spiro atoms. The van der Waals surface area contributed by atoms with E-state index in [4.69, 9.17) is 0 Å². The van der Waals surface area contributed by atoms with Gasteiger partial charge in [0.15, 0.2) is 0 Å². The predicted molar refractivity (Wildman–Crippen MR) is 68.1 cm³/mol. The monoisotopic (exact) mass is 265 g/mol. The number of nitrogens with one attached hydrogen (secondary N) is 1. The van der Waals surface area contributed by atoms with Gasteiger partial charge in [-0.2, -0.15) is 0 Å². The molecule has 1 atom stereocenters. The number of hydrogen-bond donors (Lipinski definition) is 3. The van der Waals surface area contributed by atoms with Gasteiger partial charge in [-0.05, 0) is 12.1 Å². The summed E-state index contributed by atoms with van der Waals surface area (Å²) in [5.41, 5.74) is 0.630. The number of carbonyl (C=O) groups excluding carboxylic acids is 1. The molecule has 3 N–H and O–H groups in total. The molecular formula is C12H15N3O4. The fraction of sp³-hybridized carbons (Fsp3) is 0.333. The summed E-state index contributed by atoms with van der Waals surface area (Å²) in [5.74, 6) is 0.367. The summed E-state index contributed by atoms with van der Waals surface area (Å²) >= 11 is 0. The van der Waals surface area contributed by atoms with Crippen molar-refractivity contribution in [2.45, 2.75) is 6.04 Å². The molecule has 0 saturated carbocycles. The largest absolute Gasteiger partial charge is 0.508 e. The van der Waals surface area contributed by atoms with E-state index in [1.165, 1.54) is 19.2 Å². The summed E-state index contributed by atoms with van der Waals surface area (Å²) < 4.78 is 4.50. The zero-order valence-corrected chi connectivity index (χ0v) is 10.6. The van der Waals surface area contributed by atoms with E-state index in [1.807, 2.05) is 0 Å². The molecule has 2 rings (SSSR count).